The Kier molecular flexibility index (Phi) is 1.24. The Labute approximate surface area is 55.6 Å². The highest BCUT2D eigenvalue weighted by Crippen LogP contribution is 2.29. The molecule has 0 spiro atoms. The molecule has 2 aliphatic rings. The summed E-state index contributed by atoms with van der Waals surface area (Å²) < 4.78 is 5.28. The second kappa shape index (κ2) is 1.96. The minimum atomic E-state index is 0.517. The molecule has 2 heteroatoms. The summed E-state index contributed by atoms with van der Waals surface area (Å²) >= 11 is 0. The second-order valence-electron chi connectivity index (χ2n) is 3.06. The molecule has 0 saturated carbocycles. The van der Waals surface area contributed by atoms with Gasteiger partial charge in [-0.1, -0.05) is 0 Å². The summed E-state index contributed by atoms with van der Waals surface area (Å²) in [5, 5.41) is 3.50. The number of rotatable bonds is 1. The van der Waals surface area contributed by atoms with Crippen LogP contribution in [0.1, 0.15) is 19.3 Å². The number of methoxy groups -OCH3 is 1. The average molecular weight is 127 g/mol. The van der Waals surface area contributed by atoms with E-state index in [2.05, 4.69) is 5.32 Å². The second-order valence-corrected chi connectivity index (χ2v) is 3.06. The summed E-state index contributed by atoms with van der Waals surface area (Å²) in [6.07, 6.45) is 4.44. The summed E-state index contributed by atoms with van der Waals surface area (Å²) in [5.41, 5.74) is 0. The van der Waals surface area contributed by atoms with Crippen LogP contribution < -0.4 is 5.32 Å². The van der Waals surface area contributed by atoms with Crippen molar-refractivity contribution in [2.45, 2.75) is 37.5 Å². The van der Waals surface area contributed by atoms with Gasteiger partial charge in [-0.2, -0.15) is 0 Å². The fraction of sp³-hybridized carbons (Fsp3) is 1.00. The summed E-state index contributed by atoms with van der Waals surface area (Å²) in [6, 6.07) is 1.46. The molecule has 3 atom stereocenters. The fourth-order valence-electron chi connectivity index (χ4n) is 2.03. The van der Waals surface area contributed by atoms with Gasteiger partial charge < -0.3 is 10.1 Å². The van der Waals surface area contributed by atoms with E-state index in [1.165, 1.54) is 19.3 Å². The maximum atomic E-state index is 5.28. The minimum Gasteiger partial charge on any atom is -0.380 e. The van der Waals surface area contributed by atoms with Crippen LogP contribution in [0.2, 0.25) is 0 Å². The number of hydrogen-bond acceptors (Lipinski definition) is 2. The molecule has 2 saturated heterocycles. The van der Waals surface area contributed by atoms with Gasteiger partial charge in [0.2, 0.25) is 0 Å². The Balaban J connectivity index is 2.01. The maximum absolute atomic E-state index is 5.28. The Bertz CT molecular complexity index is 115. The molecular formula is C7H13NO. The highest BCUT2D eigenvalue weighted by molar-refractivity contribution is 4.98. The molecule has 2 rings (SSSR count). The van der Waals surface area contributed by atoms with E-state index in [0.29, 0.717) is 12.1 Å². The Hall–Kier alpha value is -0.0800. The van der Waals surface area contributed by atoms with E-state index in [1.54, 1.807) is 0 Å². The summed E-state index contributed by atoms with van der Waals surface area (Å²) in [4.78, 5) is 0. The van der Waals surface area contributed by atoms with Crippen LogP contribution in [0.3, 0.4) is 0 Å². The lowest BCUT2D eigenvalue weighted by atomic mass is 9.98. The molecule has 0 aromatic rings. The van der Waals surface area contributed by atoms with Gasteiger partial charge >= 0.3 is 0 Å². The van der Waals surface area contributed by atoms with E-state index < -0.39 is 0 Å². The third-order valence-corrected chi connectivity index (χ3v) is 2.54. The van der Waals surface area contributed by atoms with Crippen molar-refractivity contribution < 1.29 is 4.74 Å². The monoisotopic (exact) mass is 127 g/mol. The maximum Gasteiger partial charge on any atom is 0.0739 e. The molecular weight excluding hydrogens is 114 g/mol. The van der Waals surface area contributed by atoms with E-state index >= 15 is 0 Å². The number of fused-ring (bicyclic) bond motifs is 2. The average Bonchev–Trinajstić information content (AvgIpc) is 2.45. The van der Waals surface area contributed by atoms with Gasteiger partial charge in [-0.15, -0.1) is 0 Å². The smallest absolute Gasteiger partial charge is 0.0739 e. The number of hydrogen-bond donors (Lipinski definition) is 1. The van der Waals surface area contributed by atoms with Crippen molar-refractivity contribution in [3.8, 4) is 0 Å². The zero-order chi connectivity index (χ0) is 6.27. The van der Waals surface area contributed by atoms with Crippen LogP contribution in [0.25, 0.3) is 0 Å². The highest BCUT2D eigenvalue weighted by atomic mass is 16.5. The topological polar surface area (TPSA) is 21.3 Å². The van der Waals surface area contributed by atoms with Gasteiger partial charge in [-0.25, -0.2) is 0 Å². The van der Waals surface area contributed by atoms with Gasteiger partial charge in [-0.3, -0.25) is 0 Å². The third-order valence-electron chi connectivity index (χ3n) is 2.54. The van der Waals surface area contributed by atoms with E-state index in [9.17, 15) is 0 Å². The first kappa shape index (κ1) is 5.69. The molecule has 2 heterocycles. The summed E-state index contributed by atoms with van der Waals surface area (Å²) in [5.74, 6) is 0. The molecule has 0 aromatic carbocycles. The lowest BCUT2D eigenvalue weighted by molar-refractivity contribution is 0.0819. The van der Waals surface area contributed by atoms with Crippen molar-refractivity contribution in [3.63, 3.8) is 0 Å². The largest absolute Gasteiger partial charge is 0.380 e. The Morgan fingerprint density at radius 3 is 2.67 bits per heavy atom. The molecule has 2 aliphatic heterocycles. The zero-order valence-corrected chi connectivity index (χ0v) is 5.76. The van der Waals surface area contributed by atoms with E-state index in [-0.39, 0.29) is 0 Å². The molecule has 0 amide bonds. The first-order valence-corrected chi connectivity index (χ1v) is 3.69. The van der Waals surface area contributed by atoms with Crippen molar-refractivity contribution in [2.24, 2.45) is 0 Å². The standard InChI is InChI=1S/C7H13NO/c1-9-7-4-5-2-3-6(7)8-5/h5-8H,2-4H2,1H3/t5-,6+,7+/m0/s1. The normalized spacial score (nSPS) is 48.3. The van der Waals surface area contributed by atoms with Crippen LogP contribution in [-0.4, -0.2) is 25.3 Å². The van der Waals surface area contributed by atoms with Gasteiger partial charge in [0.25, 0.3) is 0 Å². The van der Waals surface area contributed by atoms with Crippen molar-refractivity contribution in [1.29, 1.82) is 0 Å². The van der Waals surface area contributed by atoms with Crippen LogP contribution in [0, 0.1) is 0 Å². The lowest BCUT2D eigenvalue weighted by Gasteiger charge is -2.17. The van der Waals surface area contributed by atoms with Crippen LogP contribution in [0.4, 0.5) is 0 Å². The minimum absolute atomic E-state index is 0.517. The zero-order valence-electron chi connectivity index (χ0n) is 5.76. The van der Waals surface area contributed by atoms with E-state index in [0.717, 1.165) is 6.04 Å². The highest BCUT2D eigenvalue weighted by Gasteiger charge is 2.38. The molecule has 2 nitrogen and oxygen atoms in total. The van der Waals surface area contributed by atoms with Crippen molar-refractivity contribution in [1.82, 2.24) is 5.32 Å². The third kappa shape index (κ3) is 0.775. The molecule has 2 bridgehead atoms. The number of ether oxygens (including phenoxy) is 1. The Morgan fingerprint density at radius 2 is 2.33 bits per heavy atom. The van der Waals surface area contributed by atoms with Gasteiger partial charge in [0.15, 0.2) is 0 Å². The van der Waals surface area contributed by atoms with Crippen LogP contribution >= 0.6 is 0 Å². The lowest BCUT2D eigenvalue weighted by Crippen LogP contribution is -2.27. The van der Waals surface area contributed by atoms with Gasteiger partial charge in [-0.05, 0) is 19.3 Å². The predicted molar refractivity (Wildman–Crippen MR) is 35.4 cm³/mol. The van der Waals surface area contributed by atoms with Crippen LogP contribution in [0.5, 0.6) is 0 Å². The van der Waals surface area contributed by atoms with Crippen LogP contribution in [-0.2, 0) is 4.74 Å². The molecule has 0 aromatic heterocycles. The van der Waals surface area contributed by atoms with Gasteiger partial charge in [0.05, 0.1) is 6.10 Å². The van der Waals surface area contributed by atoms with Crippen molar-refractivity contribution in [3.05, 3.63) is 0 Å². The van der Waals surface area contributed by atoms with Gasteiger partial charge in [0.1, 0.15) is 0 Å². The molecule has 9 heavy (non-hydrogen) atoms. The SMILES string of the molecule is CO[C@@H]1C[C@@H]2CC[C@H]1N2. The molecule has 1 N–H and O–H groups in total. The van der Waals surface area contributed by atoms with Crippen molar-refractivity contribution in [2.75, 3.05) is 7.11 Å². The Morgan fingerprint density at radius 1 is 1.44 bits per heavy atom. The number of nitrogens with one attached hydrogen (secondary N) is 1. The summed E-state index contributed by atoms with van der Waals surface area (Å²) in [6.45, 7) is 0. The predicted octanol–water partition coefficient (Wildman–Crippen LogP) is 0.526. The molecule has 0 unspecified atom stereocenters. The fourth-order valence-corrected chi connectivity index (χ4v) is 2.03. The molecule has 2 fully saturated rings. The summed E-state index contributed by atoms with van der Waals surface area (Å²) in [7, 11) is 1.81. The van der Waals surface area contributed by atoms with E-state index in [4.69, 9.17) is 4.74 Å². The first-order valence-electron chi connectivity index (χ1n) is 3.69. The van der Waals surface area contributed by atoms with E-state index in [1.807, 2.05) is 7.11 Å². The van der Waals surface area contributed by atoms with Gasteiger partial charge in [0, 0.05) is 19.2 Å². The van der Waals surface area contributed by atoms with Crippen LogP contribution in [0.15, 0.2) is 0 Å². The first-order chi connectivity index (χ1) is 4.40. The molecule has 0 radical (unpaired) electrons. The molecule has 0 aliphatic carbocycles. The quantitative estimate of drug-likeness (QED) is 0.554. The molecule has 52 valence electrons. The van der Waals surface area contributed by atoms with Crippen molar-refractivity contribution >= 4 is 0 Å².